The quantitative estimate of drug-likeness (QED) is 0.159. The van der Waals surface area contributed by atoms with Crippen LogP contribution < -0.4 is 0 Å². The van der Waals surface area contributed by atoms with Gasteiger partial charge in [0.05, 0.1) is 13.2 Å². The van der Waals surface area contributed by atoms with E-state index in [9.17, 15) is 0 Å². The second-order valence-corrected chi connectivity index (χ2v) is 19.1. The molecular formula is C38H59F3O10S. The lowest BCUT2D eigenvalue weighted by Crippen LogP contribution is -2.76. The Morgan fingerprint density at radius 2 is 1.10 bits per heavy atom. The Balaban J connectivity index is 0.839. The topological polar surface area (TPSA) is 92.3 Å². The molecule has 10 nitrogen and oxygen atoms in total. The van der Waals surface area contributed by atoms with Gasteiger partial charge in [0.15, 0.2) is 29.6 Å². The summed E-state index contributed by atoms with van der Waals surface area (Å²) in [5, 5.41) is 0. The summed E-state index contributed by atoms with van der Waals surface area (Å²) in [5.74, 6) is -4.49. The second-order valence-electron chi connectivity index (χ2n) is 17.8. The third-order valence-electron chi connectivity index (χ3n) is 14.8. The van der Waals surface area contributed by atoms with Crippen molar-refractivity contribution in [2.45, 2.75) is 166 Å². The molecule has 0 aromatic rings. The minimum atomic E-state index is -4.77. The highest BCUT2D eigenvalue weighted by molar-refractivity contribution is 7.99. The molecule has 14 heteroatoms. The lowest BCUT2D eigenvalue weighted by Gasteiger charge is -2.62. The van der Waals surface area contributed by atoms with Crippen molar-refractivity contribution in [3.8, 4) is 0 Å². The van der Waals surface area contributed by atoms with Gasteiger partial charge in [-0.15, -0.1) is 0 Å². The molecule has 52 heavy (non-hydrogen) atoms. The second kappa shape index (κ2) is 13.4. The monoisotopic (exact) mass is 764 g/mol. The van der Waals surface area contributed by atoms with Crippen LogP contribution in [0.1, 0.15) is 113 Å². The van der Waals surface area contributed by atoms with Gasteiger partial charge in [0.2, 0.25) is 11.6 Å². The number of hydrogen-bond donors (Lipinski definition) is 0. The van der Waals surface area contributed by atoms with Crippen molar-refractivity contribution in [1.82, 2.24) is 0 Å². The number of halogens is 3. The van der Waals surface area contributed by atoms with E-state index in [2.05, 4.69) is 20.8 Å². The van der Waals surface area contributed by atoms with Crippen molar-refractivity contribution in [2.24, 2.45) is 47.3 Å². The summed E-state index contributed by atoms with van der Waals surface area (Å²) < 4.78 is 83.0. The van der Waals surface area contributed by atoms with Gasteiger partial charge in [-0.2, -0.15) is 24.9 Å². The summed E-state index contributed by atoms with van der Waals surface area (Å²) >= 11 is 1.68. The van der Waals surface area contributed by atoms with Crippen LogP contribution in [0.15, 0.2) is 0 Å². The minimum Gasteiger partial charge on any atom is -0.350 e. The van der Waals surface area contributed by atoms with Crippen LogP contribution in [0.2, 0.25) is 0 Å². The zero-order valence-corrected chi connectivity index (χ0v) is 32.6. The summed E-state index contributed by atoms with van der Waals surface area (Å²) in [4.78, 5) is 24.0. The highest BCUT2D eigenvalue weighted by atomic mass is 32.2. The van der Waals surface area contributed by atoms with Gasteiger partial charge in [0.1, 0.15) is 0 Å². The predicted molar refractivity (Wildman–Crippen MR) is 182 cm³/mol. The van der Waals surface area contributed by atoms with E-state index < -0.39 is 64.9 Å². The van der Waals surface area contributed by atoms with Crippen LogP contribution >= 0.6 is 11.8 Å². The highest BCUT2D eigenvalue weighted by Gasteiger charge is 2.77. The van der Waals surface area contributed by atoms with Crippen LogP contribution in [-0.4, -0.2) is 77.8 Å². The molecule has 4 bridgehead atoms. The first-order valence-corrected chi connectivity index (χ1v) is 21.1. The molecule has 2 saturated carbocycles. The van der Waals surface area contributed by atoms with Crippen LogP contribution in [0.4, 0.5) is 13.2 Å². The molecule has 10 rings (SSSR count). The molecule has 8 heterocycles. The predicted octanol–water partition coefficient (Wildman–Crippen LogP) is 8.27. The zero-order chi connectivity index (χ0) is 37.0. The third-order valence-corrected chi connectivity index (χ3v) is 15.9. The average molecular weight is 765 g/mol. The summed E-state index contributed by atoms with van der Waals surface area (Å²) in [6.45, 7) is 14.3. The van der Waals surface area contributed by atoms with E-state index >= 15 is 13.2 Å². The summed E-state index contributed by atoms with van der Waals surface area (Å²) in [6, 6.07) is 0. The standard InChI is InChI=1S/C38H59F3O10S/c1-22-10-12-28-24(3)34(7,46-30-35(28)26(22)14-16-32(5,44-30)48-50-35)42-18-8-20-52-21-9-19-43-37(38(39,40)41)25(4)29-13-11-23(2)27-15-17-33(6)45-31(47-37)36(27,29)51-49-33/h22-31H,8-21H2,1-7H3/t22-,23-,24-,25-,26+,27+,28+,29+,30+,31+,32-,33+,34+,35-,36-,37-/m1/s1. The Hall–Kier alpha value is -0.260. The number of thioether (sulfide) groups is 1. The fourth-order valence-electron chi connectivity index (χ4n) is 11.6. The number of rotatable bonds is 10. The average Bonchev–Trinajstić information content (AvgIpc) is 3.46. The highest BCUT2D eigenvalue weighted by Crippen LogP contribution is 2.65. The first-order chi connectivity index (χ1) is 24.5. The van der Waals surface area contributed by atoms with E-state index in [0.29, 0.717) is 43.5 Å². The summed E-state index contributed by atoms with van der Waals surface area (Å²) in [7, 11) is 0. The fourth-order valence-corrected chi connectivity index (χ4v) is 12.5. The molecule has 298 valence electrons. The van der Waals surface area contributed by atoms with Gasteiger partial charge in [0.25, 0.3) is 5.79 Å². The summed E-state index contributed by atoms with van der Waals surface area (Å²) in [6.07, 6.45) is 1.13. The van der Waals surface area contributed by atoms with Crippen molar-refractivity contribution in [3.05, 3.63) is 0 Å². The van der Waals surface area contributed by atoms with Crippen LogP contribution in [0.3, 0.4) is 0 Å². The van der Waals surface area contributed by atoms with Gasteiger partial charge in [-0.25, -0.2) is 19.6 Å². The molecule has 8 aliphatic heterocycles. The van der Waals surface area contributed by atoms with Gasteiger partial charge in [-0.1, -0.05) is 27.7 Å². The lowest BCUT2D eigenvalue weighted by molar-refractivity contribution is -0.598. The van der Waals surface area contributed by atoms with Crippen LogP contribution in [0, 0.1) is 47.3 Å². The smallest absolute Gasteiger partial charge is 0.350 e. The number of fused-ring (bicyclic) bond motifs is 4. The van der Waals surface area contributed by atoms with E-state index in [1.807, 2.05) is 13.8 Å². The van der Waals surface area contributed by atoms with Gasteiger partial charge in [-0.3, -0.25) is 0 Å². The molecule has 10 fully saturated rings. The van der Waals surface area contributed by atoms with Crippen molar-refractivity contribution in [2.75, 3.05) is 24.7 Å². The van der Waals surface area contributed by atoms with E-state index in [-0.39, 0.29) is 30.3 Å². The Morgan fingerprint density at radius 1 is 0.596 bits per heavy atom. The van der Waals surface area contributed by atoms with E-state index in [1.54, 1.807) is 25.6 Å². The fraction of sp³-hybridized carbons (Fsp3) is 1.00. The molecule has 0 amide bonds. The van der Waals surface area contributed by atoms with Gasteiger partial charge >= 0.3 is 6.18 Å². The number of hydrogen-bond acceptors (Lipinski definition) is 11. The molecule has 16 atom stereocenters. The summed E-state index contributed by atoms with van der Waals surface area (Å²) in [5.41, 5.74) is -1.73. The first-order valence-electron chi connectivity index (χ1n) is 19.9. The van der Waals surface area contributed by atoms with Gasteiger partial charge < -0.3 is 28.4 Å². The molecule has 2 spiro atoms. The largest absolute Gasteiger partial charge is 0.443 e. The lowest BCUT2D eigenvalue weighted by atomic mass is 9.57. The molecule has 2 aliphatic carbocycles. The Morgan fingerprint density at radius 3 is 1.63 bits per heavy atom. The number of alkyl halides is 3. The molecule has 0 aromatic carbocycles. The van der Waals surface area contributed by atoms with Crippen LogP contribution in [-0.2, 0) is 48.0 Å². The maximum Gasteiger partial charge on any atom is 0.443 e. The molecule has 0 unspecified atom stereocenters. The van der Waals surface area contributed by atoms with E-state index in [1.165, 1.54) is 0 Å². The number of ether oxygens (including phenoxy) is 6. The third kappa shape index (κ3) is 5.80. The maximum absolute atomic E-state index is 15.1. The Kier molecular flexibility index (Phi) is 9.96. The Labute approximate surface area is 310 Å². The molecule has 0 radical (unpaired) electrons. The van der Waals surface area contributed by atoms with E-state index in [0.717, 1.165) is 50.7 Å². The van der Waals surface area contributed by atoms with Crippen LogP contribution in [0.5, 0.6) is 0 Å². The minimum absolute atomic E-state index is 0.0301. The van der Waals surface area contributed by atoms with Crippen LogP contribution in [0.25, 0.3) is 0 Å². The first kappa shape index (κ1) is 38.6. The zero-order valence-electron chi connectivity index (χ0n) is 31.8. The van der Waals surface area contributed by atoms with Crippen molar-refractivity contribution in [3.63, 3.8) is 0 Å². The molecular weight excluding hydrogens is 705 g/mol. The van der Waals surface area contributed by atoms with E-state index in [4.69, 9.17) is 48.0 Å². The van der Waals surface area contributed by atoms with Crippen molar-refractivity contribution in [1.29, 1.82) is 0 Å². The molecule has 0 aromatic heterocycles. The molecule has 8 saturated heterocycles. The molecule has 10 aliphatic rings. The van der Waals surface area contributed by atoms with Gasteiger partial charge in [0, 0.05) is 36.5 Å². The molecule has 0 N–H and O–H groups in total. The normalized spacial score (nSPS) is 53.9. The maximum atomic E-state index is 15.1. The SMILES string of the molecule is C[C@@H]1CC[C@H]2[C@@H](C)[C@@](C)(OCCCSCCCO[C@@]3(C(F)(F)F)O[C@@H]4O[C@]5(C)CC[C@H]6[C@H](C)CC[C@@H]([C@H]3C)[C@@]46OO5)O[C@@H]3O[C@@]4(C)CC[C@@H]1[C@]32OO4. The van der Waals surface area contributed by atoms with Crippen molar-refractivity contribution >= 4 is 11.8 Å². The van der Waals surface area contributed by atoms with Gasteiger partial charge in [-0.05, 0) is 107 Å². The van der Waals surface area contributed by atoms with Crippen molar-refractivity contribution < 1.29 is 61.1 Å². The Bertz CT molecular complexity index is 1330.